The summed E-state index contributed by atoms with van der Waals surface area (Å²) >= 11 is 5.90. The van der Waals surface area contributed by atoms with Crippen LogP contribution in [0.2, 0.25) is 5.02 Å². The zero-order valence-corrected chi connectivity index (χ0v) is 14.6. The molecule has 0 radical (unpaired) electrons. The number of halogens is 1. The highest BCUT2D eigenvalue weighted by atomic mass is 35.5. The van der Waals surface area contributed by atoms with Gasteiger partial charge in [0.15, 0.2) is 5.65 Å². The van der Waals surface area contributed by atoms with Gasteiger partial charge in [0.1, 0.15) is 17.8 Å². The molecule has 1 atom stereocenters. The van der Waals surface area contributed by atoms with Crippen molar-refractivity contribution in [1.29, 1.82) is 0 Å². The quantitative estimate of drug-likeness (QED) is 0.654. The van der Waals surface area contributed by atoms with Gasteiger partial charge in [-0.2, -0.15) is 5.10 Å². The van der Waals surface area contributed by atoms with Crippen LogP contribution in [0, 0.1) is 0 Å². The SMILES string of the molecule is CCOC(=O)[C@@H](CC)n1cnc2c(cnn2-c2ccc(Cl)cc2)c1=O. The average Bonchev–Trinajstić information content (AvgIpc) is 3.03. The van der Waals surface area contributed by atoms with Gasteiger partial charge < -0.3 is 4.74 Å². The number of carbonyl (C=O) groups is 1. The summed E-state index contributed by atoms with van der Waals surface area (Å²) in [5.74, 6) is -0.446. The van der Waals surface area contributed by atoms with Crippen molar-refractivity contribution < 1.29 is 9.53 Å². The van der Waals surface area contributed by atoms with Crippen LogP contribution in [0.15, 0.2) is 41.6 Å². The lowest BCUT2D eigenvalue weighted by Gasteiger charge is -2.16. The van der Waals surface area contributed by atoms with E-state index in [1.807, 2.05) is 6.92 Å². The van der Waals surface area contributed by atoms with Crippen LogP contribution in [0.3, 0.4) is 0 Å². The van der Waals surface area contributed by atoms with Gasteiger partial charge in [0.25, 0.3) is 5.56 Å². The summed E-state index contributed by atoms with van der Waals surface area (Å²) < 4.78 is 7.90. The summed E-state index contributed by atoms with van der Waals surface area (Å²) in [4.78, 5) is 29.2. The largest absolute Gasteiger partial charge is 0.464 e. The van der Waals surface area contributed by atoms with E-state index in [4.69, 9.17) is 16.3 Å². The van der Waals surface area contributed by atoms with Crippen LogP contribution in [0.25, 0.3) is 16.7 Å². The number of fused-ring (bicyclic) bond motifs is 1. The molecule has 130 valence electrons. The first-order valence-electron chi connectivity index (χ1n) is 7.94. The minimum Gasteiger partial charge on any atom is -0.464 e. The minimum absolute atomic E-state index is 0.258. The fourth-order valence-corrected chi connectivity index (χ4v) is 2.76. The molecule has 0 spiro atoms. The molecule has 0 N–H and O–H groups in total. The van der Waals surface area contributed by atoms with Crippen molar-refractivity contribution >= 4 is 28.6 Å². The number of aromatic nitrogens is 4. The highest BCUT2D eigenvalue weighted by Crippen LogP contribution is 2.18. The van der Waals surface area contributed by atoms with Gasteiger partial charge in [-0.25, -0.2) is 14.5 Å². The predicted octanol–water partition coefficient (Wildman–Crippen LogP) is 2.75. The van der Waals surface area contributed by atoms with Gasteiger partial charge in [0.05, 0.1) is 18.5 Å². The van der Waals surface area contributed by atoms with Crippen molar-refractivity contribution in [3.05, 3.63) is 52.2 Å². The normalized spacial score (nSPS) is 12.3. The summed E-state index contributed by atoms with van der Waals surface area (Å²) in [5, 5.41) is 5.19. The Hall–Kier alpha value is -2.67. The molecule has 0 unspecified atom stereocenters. The molecule has 8 heteroatoms. The van der Waals surface area contributed by atoms with E-state index in [1.54, 1.807) is 35.9 Å². The maximum atomic E-state index is 12.8. The summed E-state index contributed by atoms with van der Waals surface area (Å²) in [6, 6.07) is 6.34. The first kappa shape index (κ1) is 17.2. The van der Waals surface area contributed by atoms with E-state index in [-0.39, 0.29) is 12.2 Å². The number of carbonyl (C=O) groups excluding carboxylic acids is 1. The van der Waals surface area contributed by atoms with Crippen molar-refractivity contribution in [2.75, 3.05) is 6.61 Å². The standard InChI is InChI=1S/C17H17ClN4O3/c1-3-14(17(24)25-4-2)21-10-19-15-13(16(21)23)9-20-22(15)12-7-5-11(18)6-8-12/h5-10,14H,3-4H2,1-2H3/t14-/m1/s1. The smallest absolute Gasteiger partial charge is 0.329 e. The molecular weight excluding hydrogens is 344 g/mol. The fraction of sp³-hybridized carbons (Fsp3) is 0.294. The maximum absolute atomic E-state index is 12.8. The number of nitrogens with zero attached hydrogens (tertiary/aromatic N) is 4. The molecule has 2 aromatic heterocycles. The molecule has 3 aromatic rings. The second-order valence-electron chi connectivity index (χ2n) is 5.40. The van der Waals surface area contributed by atoms with E-state index in [2.05, 4.69) is 10.1 Å². The Morgan fingerprint density at radius 1 is 1.28 bits per heavy atom. The van der Waals surface area contributed by atoms with Gasteiger partial charge >= 0.3 is 5.97 Å². The molecule has 0 aliphatic heterocycles. The molecule has 0 aliphatic carbocycles. The Kier molecular flexibility index (Phi) is 4.85. The maximum Gasteiger partial charge on any atom is 0.329 e. The van der Waals surface area contributed by atoms with Crippen LogP contribution >= 0.6 is 11.6 Å². The zero-order valence-electron chi connectivity index (χ0n) is 13.8. The van der Waals surface area contributed by atoms with E-state index < -0.39 is 12.0 Å². The van der Waals surface area contributed by atoms with Crippen LogP contribution in [0.4, 0.5) is 0 Å². The highest BCUT2D eigenvalue weighted by molar-refractivity contribution is 6.30. The van der Waals surface area contributed by atoms with Gasteiger partial charge in [-0.3, -0.25) is 9.36 Å². The third-order valence-electron chi connectivity index (χ3n) is 3.87. The minimum atomic E-state index is -0.705. The lowest BCUT2D eigenvalue weighted by molar-refractivity contribution is -0.147. The molecular formula is C17H17ClN4O3. The van der Waals surface area contributed by atoms with E-state index in [0.29, 0.717) is 22.5 Å². The number of rotatable bonds is 5. The van der Waals surface area contributed by atoms with Gasteiger partial charge in [0.2, 0.25) is 0 Å². The van der Waals surface area contributed by atoms with Gasteiger partial charge in [0, 0.05) is 5.02 Å². The lowest BCUT2D eigenvalue weighted by atomic mass is 10.2. The molecule has 25 heavy (non-hydrogen) atoms. The Balaban J connectivity index is 2.09. The molecule has 7 nitrogen and oxygen atoms in total. The zero-order chi connectivity index (χ0) is 18.0. The predicted molar refractivity (Wildman–Crippen MR) is 94.1 cm³/mol. The number of hydrogen-bond donors (Lipinski definition) is 0. The van der Waals surface area contributed by atoms with E-state index in [1.165, 1.54) is 17.1 Å². The molecule has 0 bridgehead atoms. The topological polar surface area (TPSA) is 79.0 Å². The van der Waals surface area contributed by atoms with Gasteiger partial charge in [-0.1, -0.05) is 18.5 Å². The third kappa shape index (κ3) is 3.15. The molecule has 0 amide bonds. The third-order valence-corrected chi connectivity index (χ3v) is 4.12. The second kappa shape index (κ2) is 7.06. The van der Waals surface area contributed by atoms with Crippen LogP contribution < -0.4 is 5.56 Å². The number of ether oxygens (including phenoxy) is 1. The number of benzene rings is 1. The van der Waals surface area contributed by atoms with Crippen molar-refractivity contribution in [2.24, 2.45) is 0 Å². The molecule has 0 saturated carbocycles. The van der Waals surface area contributed by atoms with E-state index >= 15 is 0 Å². The van der Waals surface area contributed by atoms with Crippen molar-refractivity contribution in [2.45, 2.75) is 26.3 Å². The van der Waals surface area contributed by atoms with Crippen molar-refractivity contribution in [3.8, 4) is 5.69 Å². The van der Waals surface area contributed by atoms with Gasteiger partial charge in [-0.05, 0) is 37.6 Å². The lowest BCUT2D eigenvalue weighted by Crippen LogP contribution is -2.31. The summed E-state index contributed by atoms with van der Waals surface area (Å²) in [7, 11) is 0. The molecule has 1 aromatic carbocycles. The highest BCUT2D eigenvalue weighted by Gasteiger charge is 2.23. The average molecular weight is 361 g/mol. The first-order chi connectivity index (χ1) is 12.1. The molecule has 0 fully saturated rings. The summed E-state index contributed by atoms with van der Waals surface area (Å²) in [6.07, 6.45) is 3.24. The first-order valence-corrected chi connectivity index (χ1v) is 8.32. The van der Waals surface area contributed by atoms with Gasteiger partial charge in [-0.15, -0.1) is 0 Å². The summed E-state index contributed by atoms with van der Waals surface area (Å²) in [6.45, 7) is 3.80. The Bertz CT molecular complexity index is 962. The van der Waals surface area contributed by atoms with Crippen molar-refractivity contribution in [3.63, 3.8) is 0 Å². The Morgan fingerprint density at radius 2 is 2.00 bits per heavy atom. The van der Waals surface area contributed by atoms with E-state index in [0.717, 1.165) is 5.69 Å². The van der Waals surface area contributed by atoms with Crippen LogP contribution in [0.1, 0.15) is 26.3 Å². The number of hydrogen-bond acceptors (Lipinski definition) is 5. The summed E-state index contributed by atoms with van der Waals surface area (Å²) in [5.41, 5.74) is 0.828. The Morgan fingerprint density at radius 3 is 2.64 bits per heavy atom. The molecule has 2 heterocycles. The Labute approximate surface area is 148 Å². The molecule has 0 aliphatic rings. The second-order valence-corrected chi connectivity index (χ2v) is 5.84. The molecule has 0 saturated heterocycles. The van der Waals surface area contributed by atoms with Crippen LogP contribution in [-0.4, -0.2) is 31.9 Å². The molecule has 3 rings (SSSR count). The van der Waals surface area contributed by atoms with Crippen LogP contribution in [0.5, 0.6) is 0 Å². The van der Waals surface area contributed by atoms with E-state index in [9.17, 15) is 9.59 Å². The number of esters is 1. The van der Waals surface area contributed by atoms with Crippen molar-refractivity contribution in [1.82, 2.24) is 19.3 Å². The fourth-order valence-electron chi connectivity index (χ4n) is 2.63. The monoisotopic (exact) mass is 360 g/mol. The van der Waals surface area contributed by atoms with Crippen LogP contribution in [-0.2, 0) is 9.53 Å².